The Morgan fingerprint density at radius 2 is 1.97 bits per heavy atom. The number of furan rings is 1. The number of nitrogens with zero attached hydrogens (tertiary/aromatic N) is 1. The maximum atomic E-state index is 12.1. The molecule has 4 rings (SSSR count). The van der Waals surface area contributed by atoms with Gasteiger partial charge in [0, 0.05) is 16.3 Å². The van der Waals surface area contributed by atoms with Crippen LogP contribution >= 0.6 is 39.7 Å². The minimum Gasteiger partial charge on any atom is -0.444 e. The molecule has 0 radical (unpaired) electrons. The summed E-state index contributed by atoms with van der Waals surface area (Å²) >= 11 is 14.5. The average molecular weight is 490 g/mol. The van der Waals surface area contributed by atoms with Crippen molar-refractivity contribution in [3.8, 4) is 11.4 Å². The lowest BCUT2D eigenvalue weighted by atomic mass is 10.2. The Morgan fingerprint density at radius 1 is 1.21 bits per heavy atom. The summed E-state index contributed by atoms with van der Waals surface area (Å²) in [7, 11) is 0. The van der Waals surface area contributed by atoms with Crippen LogP contribution in [0, 0.1) is 6.92 Å². The van der Waals surface area contributed by atoms with E-state index in [1.54, 1.807) is 12.1 Å². The molecular formula is C20H14BrClN4O2S. The molecule has 2 heterocycles. The summed E-state index contributed by atoms with van der Waals surface area (Å²) in [4.78, 5) is 19.9. The van der Waals surface area contributed by atoms with Gasteiger partial charge in [-0.3, -0.25) is 10.1 Å². The molecule has 0 aliphatic rings. The fourth-order valence-electron chi connectivity index (χ4n) is 2.75. The Kier molecular flexibility index (Phi) is 5.40. The zero-order valence-corrected chi connectivity index (χ0v) is 18.2. The summed E-state index contributed by atoms with van der Waals surface area (Å²) in [5.74, 6) is 0.477. The maximum absolute atomic E-state index is 12.1. The van der Waals surface area contributed by atoms with Crippen LogP contribution in [0.2, 0.25) is 5.02 Å². The van der Waals surface area contributed by atoms with Gasteiger partial charge in [-0.25, -0.2) is 4.98 Å². The molecule has 3 N–H and O–H groups in total. The topological polar surface area (TPSA) is 83.0 Å². The number of aryl methyl sites for hydroxylation is 1. The number of fused-ring (bicyclic) bond motifs is 1. The highest BCUT2D eigenvalue weighted by atomic mass is 79.9. The standard InChI is InChI=1S/C20H14BrClN4O2S/c1-10-8-14-15(9-13(10)22)25-18(24-14)11-2-4-12(5-3-11)23-20(29)26-19(27)16-6-7-17(21)28-16/h2-9H,1H3,(H,24,25)(H2,23,26,27,29). The van der Waals surface area contributed by atoms with Crippen molar-refractivity contribution in [2.75, 3.05) is 5.32 Å². The lowest BCUT2D eigenvalue weighted by Crippen LogP contribution is -2.33. The number of hydrogen-bond acceptors (Lipinski definition) is 4. The van der Waals surface area contributed by atoms with Crippen molar-refractivity contribution in [3.05, 3.63) is 69.5 Å². The molecule has 0 unspecified atom stereocenters. The van der Waals surface area contributed by atoms with Gasteiger partial charge in [-0.15, -0.1) is 0 Å². The molecule has 146 valence electrons. The monoisotopic (exact) mass is 488 g/mol. The minimum absolute atomic E-state index is 0.164. The van der Waals surface area contributed by atoms with Crippen LogP contribution in [0.15, 0.2) is 57.6 Å². The van der Waals surface area contributed by atoms with E-state index in [4.69, 9.17) is 28.2 Å². The van der Waals surface area contributed by atoms with E-state index in [2.05, 4.69) is 36.5 Å². The predicted octanol–water partition coefficient (Wildman–Crippen LogP) is 5.67. The second-order valence-electron chi connectivity index (χ2n) is 6.29. The summed E-state index contributed by atoms with van der Waals surface area (Å²) in [6.45, 7) is 1.95. The van der Waals surface area contributed by atoms with Gasteiger partial charge in [-0.1, -0.05) is 11.6 Å². The number of nitrogens with one attached hydrogen (secondary N) is 3. The molecule has 1 amide bonds. The molecule has 0 fully saturated rings. The molecule has 2 aromatic carbocycles. The fourth-order valence-corrected chi connectivity index (χ4v) is 3.43. The van der Waals surface area contributed by atoms with Gasteiger partial charge in [0.25, 0.3) is 5.91 Å². The van der Waals surface area contributed by atoms with Gasteiger partial charge in [-0.05, 0) is 89.2 Å². The Morgan fingerprint density at radius 3 is 2.66 bits per heavy atom. The second kappa shape index (κ2) is 7.98. The third kappa shape index (κ3) is 4.34. The first-order valence-corrected chi connectivity index (χ1v) is 10.1. The van der Waals surface area contributed by atoms with Crippen LogP contribution in [0.1, 0.15) is 16.1 Å². The number of thiocarbonyl (C=S) groups is 1. The SMILES string of the molecule is Cc1cc2[nH]c(-c3ccc(NC(=S)NC(=O)c4ccc(Br)o4)cc3)nc2cc1Cl. The Labute approximate surface area is 184 Å². The van der Waals surface area contributed by atoms with Crippen LogP contribution < -0.4 is 10.6 Å². The Hall–Kier alpha value is -2.68. The summed E-state index contributed by atoms with van der Waals surface area (Å²) in [5, 5.41) is 6.39. The van der Waals surface area contributed by atoms with Gasteiger partial charge in [0.15, 0.2) is 15.5 Å². The first-order chi connectivity index (χ1) is 13.9. The average Bonchev–Trinajstić information content (AvgIpc) is 3.29. The molecule has 0 bridgehead atoms. The van der Waals surface area contributed by atoms with Crippen molar-refractivity contribution < 1.29 is 9.21 Å². The quantitative estimate of drug-likeness (QED) is 0.323. The zero-order valence-electron chi connectivity index (χ0n) is 15.0. The number of carbonyl (C=O) groups is 1. The van der Waals surface area contributed by atoms with E-state index in [1.807, 2.05) is 43.3 Å². The number of aromatic nitrogens is 2. The van der Waals surface area contributed by atoms with Gasteiger partial charge in [0.2, 0.25) is 0 Å². The normalized spacial score (nSPS) is 10.9. The largest absolute Gasteiger partial charge is 0.444 e. The Balaban J connectivity index is 1.45. The number of anilines is 1. The van der Waals surface area contributed by atoms with E-state index in [-0.39, 0.29) is 10.9 Å². The fraction of sp³-hybridized carbons (Fsp3) is 0.0500. The van der Waals surface area contributed by atoms with E-state index in [1.165, 1.54) is 0 Å². The lowest BCUT2D eigenvalue weighted by molar-refractivity contribution is 0.0949. The molecular weight excluding hydrogens is 476 g/mol. The number of aromatic amines is 1. The second-order valence-corrected chi connectivity index (χ2v) is 7.89. The van der Waals surface area contributed by atoms with Crippen LogP contribution in [0.5, 0.6) is 0 Å². The van der Waals surface area contributed by atoms with Gasteiger partial charge in [0.05, 0.1) is 11.0 Å². The van der Waals surface area contributed by atoms with Crippen LogP contribution in [-0.4, -0.2) is 21.0 Å². The van der Waals surface area contributed by atoms with E-state index >= 15 is 0 Å². The third-order valence-corrected chi connectivity index (χ3v) is 5.24. The number of benzene rings is 2. The molecule has 29 heavy (non-hydrogen) atoms. The number of rotatable bonds is 3. The van der Waals surface area contributed by atoms with E-state index in [9.17, 15) is 4.79 Å². The molecule has 9 heteroatoms. The van der Waals surface area contributed by atoms with Crippen molar-refractivity contribution in [2.45, 2.75) is 6.92 Å². The van der Waals surface area contributed by atoms with E-state index in [0.29, 0.717) is 9.69 Å². The lowest BCUT2D eigenvalue weighted by Gasteiger charge is -2.09. The van der Waals surface area contributed by atoms with Gasteiger partial charge >= 0.3 is 0 Å². The van der Waals surface area contributed by atoms with E-state index in [0.717, 1.165) is 33.7 Å². The number of carbonyl (C=O) groups excluding carboxylic acids is 1. The molecule has 0 spiro atoms. The summed E-state index contributed by atoms with van der Waals surface area (Å²) in [6.07, 6.45) is 0. The molecule has 0 aliphatic heterocycles. The zero-order chi connectivity index (χ0) is 20.5. The van der Waals surface area contributed by atoms with Crippen molar-refractivity contribution in [1.29, 1.82) is 0 Å². The van der Waals surface area contributed by atoms with E-state index < -0.39 is 5.91 Å². The number of hydrogen-bond donors (Lipinski definition) is 3. The minimum atomic E-state index is -0.430. The highest BCUT2D eigenvalue weighted by Gasteiger charge is 2.12. The van der Waals surface area contributed by atoms with Crippen LogP contribution in [-0.2, 0) is 0 Å². The highest BCUT2D eigenvalue weighted by Crippen LogP contribution is 2.26. The molecule has 4 aromatic rings. The number of imidazole rings is 1. The maximum Gasteiger partial charge on any atom is 0.293 e. The van der Waals surface area contributed by atoms with Gasteiger partial charge < -0.3 is 14.7 Å². The molecule has 0 aliphatic carbocycles. The van der Waals surface area contributed by atoms with Crippen molar-refractivity contribution >= 4 is 67.5 Å². The Bertz CT molecular complexity index is 1190. The molecule has 6 nitrogen and oxygen atoms in total. The van der Waals surface area contributed by atoms with Crippen LogP contribution in [0.3, 0.4) is 0 Å². The number of amides is 1. The number of H-pyrrole nitrogens is 1. The molecule has 0 saturated carbocycles. The molecule has 0 atom stereocenters. The first kappa shape index (κ1) is 19.6. The van der Waals surface area contributed by atoms with Crippen molar-refractivity contribution in [1.82, 2.24) is 15.3 Å². The highest BCUT2D eigenvalue weighted by molar-refractivity contribution is 9.10. The predicted molar refractivity (Wildman–Crippen MR) is 121 cm³/mol. The van der Waals surface area contributed by atoms with Gasteiger partial charge in [-0.2, -0.15) is 0 Å². The van der Waals surface area contributed by atoms with Crippen molar-refractivity contribution in [2.24, 2.45) is 0 Å². The smallest absolute Gasteiger partial charge is 0.293 e. The van der Waals surface area contributed by atoms with Gasteiger partial charge in [0.1, 0.15) is 5.82 Å². The van der Waals surface area contributed by atoms with Crippen LogP contribution in [0.4, 0.5) is 5.69 Å². The van der Waals surface area contributed by atoms with Crippen LogP contribution in [0.25, 0.3) is 22.4 Å². The summed E-state index contributed by atoms with van der Waals surface area (Å²) < 4.78 is 5.67. The van der Waals surface area contributed by atoms with Crippen molar-refractivity contribution in [3.63, 3.8) is 0 Å². The first-order valence-electron chi connectivity index (χ1n) is 8.53. The molecule has 0 saturated heterocycles. The molecule has 2 aromatic heterocycles. The third-order valence-electron chi connectivity index (χ3n) is 4.20. The summed E-state index contributed by atoms with van der Waals surface area (Å²) in [5.41, 5.74) is 4.38. The summed E-state index contributed by atoms with van der Waals surface area (Å²) in [6, 6.07) is 14.5. The number of halogens is 2.